The van der Waals surface area contributed by atoms with Crippen molar-refractivity contribution in [1.82, 2.24) is 4.90 Å². The number of hydrogen-bond donors (Lipinski definition) is 0. The predicted octanol–water partition coefficient (Wildman–Crippen LogP) is 2.31. The van der Waals surface area contributed by atoms with Gasteiger partial charge in [0.25, 0.3) is 5.91 Å². The molecule has 3 rings (SSSR count). The quantitative estimate of drug-likeness (QED) is 0.856. The first-order chi connectivity index (χ1) is 11.5. The molecule has 1 fully saturated rings. The van der Waals surface area contributed by atoms with Gasteiger partial charge in [-0.2, -0.15) is 0 Å². The van der Waals surface area contributed by atoms with Gasteiger partial charge in [-0.25, -0.2) is 8.42 Å². The first-order valence-electron chi connectivity index (χ1n) is 7.71. The van der Waals surface area contributed by atoms with Crippen LogP contribution in [0.3, 0.4) is 0 Å². The number of rotatable bonds is 3. The summed E-state index contributed by atoms with van der Waals surface area (Å²) in [7, 11) is -1.71. The van der Waals surface area contributed by atoms with E-state index in [2.05, 4.69) is 0 Å². The fourth-order valence-electron chi connectivity index (χ4n) is 2.89. The lowest BCUT2D eigenvalue weighted by Gasteiger charge is -2.33. The zero-order valence-corrected chi connectivity index (χ0v) is 14.2. The highest BCUT2D eigenvalue weighted by Crippen LogP contribution is 2.29. The maximum atomic E-state index is 12.7. The Bertz CT molecular complexity index is 833. The molecule has 0 radical (unpaired) electrons. The van der Waals surface area contributed by atoms with Crippen LogP contribution in [-0.4, -0.2) is 45.2 Å². The zero-order valence-electron chi connectivity index (χ0n) is 13.4. The van der Waals surface area contributed by atoms with Crippen LogP contribution in [0.5, 0.6) is 5.75 Å². The van der Waals surface area contributed by atoms with Crippen LogP contribution in [0.15, 0.2) is 54.6 Å². The van der Waals surface area contributed by atoms with E-state index >= 15 is 0 Å². The van der Waals surface area contributed by atoms with Crippen molar-refractivity contribution in [2.24, 2.45) is 0 Å². The Balaban J connectivity index is 1.86. The van der Waals surface area contributed by atoms with Gasteiger partial charge in [-0.1, -0.05) is 36.4 Å². The number of hydrogen-bond acceptors (Lipinski definition) is 4. The minimum Gasteiger partial charge on any atom is -0.497 e. The van der Waals surface area contributed by atoms with E-state index in [9.17, 15) is 13.2 Å². The number of nitrogens with zero attached hydrogens (tertiary/aromatic N) is 1. The summed E-state index contributed by atoms with van der Waals surface area (Å²) in [6.07, 6.45) is 0. The molecular formula is C18H19NO4S. The van der Waals surface area contributed by atoms with E-state index in [0.29, 0.717) is 11.3 Å². The van der Waals surface area contributed by atoms with Gasteiger partial charge in [-0.15, -0.1) is 0 Å². The van der Waals surface area contributed by atoms with Crippen LogP contribution in [0.1, 0.15) is 21.2 Å². The fraction of sp³-hybridized carbons (Fsp3) is 0.278. The third-order valence-electron chi connectivity index (χ3n) is 4.24. The Labute approximate surface area is 141 Å². The summed E-state index contributed by atoms with van der Waals surface area (Å²) < 4.78 is 30.0. The average molecular weight is 345 g/mol. The van der Waals surface area contributed by atoms with Crippen molar-refractivity contribution in [2.45, 2.75) is 5.25 Å². The molecule has 2 aromatic carbocycles. The standard InChI is InChI=1S/C18H19NO4S/c1-23-16-9-5-8-15(12-16)18(20)19-10-11-24(21,22)17(13-19)14-6-3-2-4-7-14/h2-9,12,17H,10-11,13H2,1H3. The Hall–Kier alpha value is -2.34. The van der Waals surface area contributed by atoms with Gasteiger partial charge in [0.15, 0.2) is 9.84 Å². The second-order valence-electron chi connectivity index (χ2n) is 5.75. The highest BCUT2D eigenvalue weighted by Gasteiger charge is 2.36. The van der Waals surface area contributed by atoms with Gasteiger partial charge >= 0.3 is 0 Å². The van der Waals surface area contributed by atoms with Crippen LogP contribution < -0.4 is 4.74 Å². The predicted molar refractivity (Wildman–Crippen MR) is 91.9 cm³/mol. The van der Waals surface area contributed by atoms with Gasteiger partial charge in [-0.05, 0) is 23.8 Å². The molecule has 1 saturated heterocycles. The van der Waals surface area contributed by atoms with Crippen molar-refractivity contribution in [2.75, 3.05) is 26.0 Å². The summed E-state index contributed by atoms with van der Waals surface area (Å²) in [5.74, 6) is 0.400. The molecule has 126 valence electrons. The Morgan fingerprint density at radius 2 is 1.88 bits per heavy atom. The number of carbonyl (C=O) groups excluding carboxylic acids is 1. The van der Waals surface area contributed by atoms with Gasteiger partial charge < -0.3 is 9.64 Å². The smallest absolute Gasteiger partial charge is 0.254 e. The molecule has 1 atom stereocenters. The Morgan fingerprint density at radius 1 is 1.12 bits per heavy atom. The summed E-state index contributed by atoms with van der Waals surface area (Å²) >= 11 is 0. The molecule has 0 bridgehead atoms. The number of methoxy groups -OCH3 is 1. The average Bonchev–Trinajstić information content (AvgIpc) is 2.61. The van der Waals surface area contributed by atoms with Gasteiger partial charge in [-0.3, -0.25) is 4.79 Å². The lowest BCUT2D eigenvalue weighted by molar-refractivity contribution is 0.0758. The minimum atomic E-state index is -3.26. The normalized spacial score (nSPS) is 19.7. The van der Waals surface area contributed by atoms with E-state index in [1.807, 2.05) is 18.2 Å². The van der Waals surface area contributed by atoms with Crippen molar-refractivity contribution < 1.29 is 17.9 Å². The van der Waals surface area contributed by atoms with Crippen molar-refractivity contribution in [3.05, 3.63) is 65.7 Å². The van der Waals surface area contributed by atoms with Crippen molar-refractivity contribution >= 4 is 15.7 Å². The molecule has 1 heterocycles. The largest absolute Gasteiger partial charge is 0.497 e. The first kappa shape index (κ1) is 16.5. The topological polar surface area (TPSA) is 63.7 Å². The van der Waals surface area contributed by atoms with Crippen LogP contribution in [0.4, 0.5) is 0 Å². The molecule has 0 N–H and O–H groups in total. The molecule has 1 amide bonds. The molecule has 5 nitrogen and oxygen atoms in total. The first-order valence-corrected chi connectivity index (χ1v) is 9.42. The van der Waals surface area contributed by atoms with Crippen LogP contribution in [0.2, 0.25) is 0 Å². The molecule has 1 aliphatic rings. The second-order valence-corrected chi connectivity index (χ2v) is 8.05. The van der Waals surface area contributed by atoms with Crippen LogP contribution in [0.25, 0.3) is 0 Å². The maximum absolute atomic E-state index is 12.7. The fourth-order valence-corrected chi connectivity index (χ4v) is 4.63. The van der Waals surface area contributed by atoms with Crippen LogP contribution in [0, 0.1) is 0 Å². The molecule has 6 heteroatoms. The Morgan fingerprint density at radius 3 is 2.58 bits per heavy atom. The number of carbonyl (C=O) groups is 1. The van der Waals surface area contributed by atoms with E-state index in [1.165, 1.54) is 0 Å². The highest BCUT2D eigenvalue weighted by molar-refractivity contribution is 7.91. The third-order valence-corrected chi connectivity index (χ3v) is 6.28. The van der Waals surface area contributed by atoms with Crippen LogP contribution >= 0.6 is 0 Å². The summed E-state index contributed by atoms with van der Waals surface area (Å²) in [4.78, 5) is 14.3. The van der Waals surface area contributed by atoms with E-state index in [4.69, 9.17) is 4.74 Å². The summed E-state index contributed by atoms with van der Waals surface area (Å²) in [5.41, 5.74) is 1.22. The van der Waals surface area contributed by atoms with Gasteiger partial charge in [0.1, 0.15) is 11.0 Å². The molecular weight excluding hydrogens is 326 g/mol. The number of benzene rings is 2. The second kappa shape index (κ2) is 6.65. The van der Waals surface area contributed by atoms with Gasteiger partial charge in [0, 0.05) is 18.7 Å². The molecule has 0 spiro atoms. The van der Waals surface area contributed by atoms with E-state index in [0.717, 1.165) is 5.56 Å². The molecule has 2 aromatic rings. The molecule has 0 aliphatic carbocycles. The lowest BCUT2D eigenvalue weighted by Crippen LogP contribution is -2.45. The van der Waals surface area contributed by atoms with Gasteiger partial charge in [0.2, 0.25) is 0 Å². The zero-order chi connectivity index (χ0) is 17.2. The number of sulfone groups is 1. The summed E-state index contributed by atoms with van der Waals surface area (Å²) in [5, 5.41) is -0.679. The van der Waals surface area contributed by atoms with E-state index in [-0.39, 0.29) is 24.7 Å². The molecule has 1 aliphatic heterocycles. The third kappa shape index (κ3) is 3.28. The molecule has 24 heavy (non-hydrogen) atoms. The number of amides is 1. The number of ether oxygens (including phenoxy) is 1. The highest BCUT2D eigenvalue weighted by atomic mass is 32.2. The van der Waals surface area contributed by atoms with Crippen molar-refractivity contribution in [3.8, 4) is 5.75 Å². The van der Waals surface area contributed by atoms with E-state index < -0.39 is 15.1 Å². The SMILES string of the molecule is COc1cccc(C(=O)N2CCS(=O)(=O)C(c3ccccc3)C2)c1. The van der Waals surface area contributed by atoms with Gasteiger partial charge in [0.05, 0.1) is 12.9 Å². The van der Waals surface area contributed by atoms with Crippen molar-refractivity contribution in [3.63, 3.8) is 0 Å². The maximum Gasteiger partial charge on any atom is 0.254 e. The molecule has 1 unspecified atom stereocenters. The molecule has 0 saturated carbocycles. The monoisotopic (exact) mass is 345 g/mol. The van der Waals surface area contributed by atoms with Crippen molar-refractivity contribution in [1.29, 1.82) is 0 Å². The lowest BCUT2D eigenvalue weighted by atomic mass is 10.1. The molecule has 0 aromatic heterocycles. The Kier molecular flexibility index (Phi) is 4.57. The van der Waals surface area contributed by atoms with E-state index in [1.54, 1.807) is 48.4 Å². The minimum absolute atomic E-state index is 0.0255. The van der Waals surface area contributed by atoms with Crippen LogP contribution in [-0.2, 0) is 9.84 Å². The summed E-state index contributed by atoms with van der Waals surface area (Å²) in [6.45, 7) is 0.379. The summed E-state index contributed by atoms with van der Waals surface area (Å²) in [6, 6.07) is 16.0.